The van der Waals surface area contributed by atoms with Crippen molar-refractivity contribution in [3.8, 4) is 5.88 Å². The molecule has 2 aromatic heterocycles. The Morgan fingerprint density at radius 2 is 1.96 bits per heavy atom. The molecular weight excluding hydrogens is 350 g/mol. The molecule has 0 aliphatic carbocycles. The van der Waals surface area contributed by atoms with Gasteiger partial charge in [-0.3, -0.25) is 10.8 Å². The molecule has 0 aliphatic rings. The Hall–Kier alpha value is -2.24. The first kappa shape index (κ1) is 18.1. The largest absolute Gasteiger partial charge is 0.475 e. The van der Waals surface area contributed by atoms with Crippen LogP contribution in [-0.2, 0) is 4.74 Å². The van der Waals surface area contributed by atoms with E-state index in [-0.39, 0.29) is 11.7 Å². The minimum atomic E-state index is -0.0716. The van der Waals surface area contributed by atoms with Crippen LogP contribution in [0.15, 0.2) is 22.7 Å². The van der Waals surface area contributed by atoms with Crippen molar-refractivity contribution in [1.82, 2.24) is 15.2 Å². The van der Waals surface area contributed by atoms with Crippen molar-refractivity contribution in [2.75, 3.05) is 25.6 Å². The van der Waals surface area contributed by atoms with Crippen molar-refractivity contribution in [2.24, 2.45) is 11.5 Å². The summed E-state index contributed by atoms with van der Waals surface area (Å²) in [5.41, 5.74) is 11.2. The third-order valence-electron chi connectivity index (χ3n) is 2.62. The number of nitrogens with zero attached hydrogens (tertiary/aromatic N) is 3. The van der Waals surface area contributed by atoms with Crippen LogP contribution in [0.1, 0.15) is 10.6 Å². The third kappa shape index (κ3) is 5.76. The molecule has 128 valence electrons. The van der Waals surface area contributed by atoms with Crippen LogP contribution in [0.5, 0.6) is 5.88 Å². The lowest BCUT2D eigenvalue weighted by atomic mass is 10.3. The van der Waals surface area contributed by atoms with Gasteiger partial charge in [0.2, 0.25) is 5.88 Å². The fourth-order valence-electron chi connectivity index (χ4n) is 1.50. The van der Waals surface area contributed by atoms with Crippen molar-refractivity contribution in [2.45, 2.75) is 4.34 Å². The summed E-state index contributed by atoms with van der Waals surface area (Å²) in [6.07, 6.45) is 1.49. The highest BCUT2D eigenvalue weighted by molar-refractivity contribution is 8.01. The van der Waals surface area contributed by atoms with Gasteiger partial charge in [-0.05, 0) is 6.07 Å². The number of ether oxygens (including phenoxy) is 2. The van der Waals surface area contributed by atoms with Gasteiger partial charge in [0.25, 0.3) is 0 Å². The quantitative estimate of drug-likeness (QED) is 0.207. The van der Waals surface area contributed by atoms with E-state index in [1.807, 2.05) is 0 Å². The summed E-state index contributed by atoms with van der Waals surface area (Å²) in [5, 5.41) is 22.7. The van der Waals surface area contributed by atoms with E-state index in [0.717, 1.165) is 10.1 Å². The van der Waals surface area contributed by atoms with Crippen LogP contribution >= 0.6 is 23.1 Å². The summed E-state index contributed by atoms with van der Waals surface area (Å²) in [7, 11) is 0. The molecule has 0 amide bonds. The van der Waals surface area contributed by atoms with Crippen molar-refractivity contribution in [3.05, 3.63) is 28.9 Å². The van der Waals surface area contributed by atoms with Gasteiger partial charge in [-0.15, -0.1) is 10.2 Å². The minimum Gasteiger partial charge on any atom is -0.475 e. The number of aromatic nitrogens is 3. The molecule has 0 spiro atoms. The fraction of sp³-hybridized carbons (Fsp3) is 0.308. The first-order valence-electron chi connectivity index (χ1n) is 6.88. The van der Waals surface area contributed by atoms with Gasteiger partial charge in [0.1, 0.15) is 12.4 Å². The lowest BCUT2D eigenvalue weighted by molar-refractivity contribution is 0.110. The Kier molecular flexibility index (Phi) is 6.90. The molecule has 11 heteroatoms. The Morgan fingerprint density at radius 3 is 2.58 bits per heavy atom. The van der Waals surface area contributed by atoms with E-state index in [1.165, 1.54) is 29.3 Å². The number of nitrogen functional groups attached to an aromatic ring is 2. The average molecular weight is 367 g/mol. The number of hydrogen-bond donors (Lipinski definition) is 4. The number of thioether (sulfide) groups is 1. The second kappa shape index (κ2) is 9.15. The second-order valence-corrected chi connectivity index (χ2v) is 6.71. The summed E-state index contributed by atoms with van der Waals surface area (Å²) < 4.78 is 11.6. The van der Waals surface area contributed by atoms with Gasteiger partial charge in [0.15, 0.2) is 15.2 Å². The average Bonchev–Trinajstić information content (AvgIpc) is 3.03. The van der Waals surface area contributed by atoms with Crippen LogP contribution in [0.2, 0.25) is 0 Å². The summed E-state index contributed by atoms with van der Waals surface area (Å²) in [4.78, 5) is 4.05. The molecule has 9 nitrogen and oxygen atoms in total. The van der Waals surface area contributed by atoms with E-state index < -0.39 is 0 Å². The predicted molar refractivity (Wildman–Crippen MR) is 93.2 cm³/mol. The lowest BCUT2D eigenvalue weighted by Crippen LogP contribution is -2.12. The summed E-state index contributed by atoms with van der Waals surface area (Å²) in [6.45, 7) is 1.36. The van der Waals surface area contributed by atoms with Crippen molar-refractivity contribution < 1.29 is 9.47 Å². The molecule has 2 heterocycles. The summed E-state index contributed by atoms with van der Waals surface area (Å²) in [5.74, 6) is 1.08. The van der Waals surface area contributed by atoms with Crippen LogP contribution in [0.4, 0.5) is 0 Å². The molecule has 0 radical (unpaired) electrons. The number of pyridine rings is 1. The van der Waals surface area contributed by atoms with Gasteiger partial charge in [-0.25, -0.2) is 4.98 Å². The van der Waals surface area contributed by atoms with Gasteiger partial charge in [0.05, 0.1) is 13.2 Å². The summed E-state index contributed by atoms with van der Waals surface area (Å²) in [6, 6.07) is 3.34. The number of amidine groups is 2. The smallest absolute Gasteiger partial charge is 0.213 e. The number of hydrogen-bond acceptors (Lipinski definition) is 9. The maximum Gasteiger partial charge on any atom is 0.213 e. The van der Waals surface area contributed by atoms with Crippen LogP contribution in [0.25, 0.3) is 0 Å². The van der Waals surface area contributed by atoms with E-state index in [2.05, 4.69) is 15.2 Å². The highest BCUT2D eigenvalue weighted by Crippen LogP contribution is 2.21. The number of nitrogens with two attached hydrogens (primary N) is 2. The minimum absolute atomic E-state index is 0.0271. The Balaban J connectivity index is 1.56. The molecule has 0 saturated heterocycles. The van der Waals surface area contributed by atoms with E-state index in [9.17, 15) is 0 Å². The lowest BCUT2D eigenvalue weighted by Gasteiger charge is -2.06. The van der Waals surface area contributed by atoms with Crippen molar-refractivity contribution in [1.29, 1.82) is 10.8 Å². The zero-order chi connectivity index (χ0) is 17.4. The van der Waals surface area contributed by atoms with Crippen LogP contribution in [-0.4, -0.2) is 52.4 Å². The Bertz CT molecular complexity index is 690. The molecule has 24 heavy (non-hydrogen) atoms. The molecule has 0 aliphatic heterocycles. The fourth-order valence-corrected chi connectivity index (χ4v) is 3.13. The van der Waals surface area contributed by atoms with E-state index in [4.69, 9.17) is 31.8 Å². The first-order chi connectivity index (χ1) is 11.6. The number of nitrogens with one attached hydrogen (secondary N) is 2. The molecule has 2 aromatic rings. The standard InChI is InChI=1S/C13H17N7O2S2/c14-10(15)8-1-2-9(18-7-8)22-4-3-21-5-6-23-13-20-19-12(24-13)11(16)17/h1-2,7H,3-6H2,(H3,14,15)(H3,16,17). The van der Waals surface area contributed by atoms with Crippen LogP contribution < -0.4 is 16.2 Å². The van der Waals surface area contributed by atoms with E-state index >= 15 is 0 Å². The van der Waals surface area contributed by atoms with Gasteiger partial charge < -0.3 is 20.9 Å². The second-order valence-electron chi connectivity index (χ2n) is 4.39. The molecule has 0 atom stereocenters. The molecule has 0 aromatic carbocycles. The highest BCUT2D eigenvalue weighted by atomic mass is 32.2. The SMILES string of the molecule is N=C(N)c1ccc(OCCOCCSc2nnc(C(=N)N)s2)nc1. The molecule has 0 fully saturated rings. The third-order valence-corrected chi connectivity index (χ3v) is 4.67. The Labute approximate surface area is 146 Å². The maximum absolute atomic E-state index is 7.27. The van der Waals surface area contributed by atoms with Gasteiger partial charge in [-0.2, -0.15) is 0 Å². The Morgan fingerprint density at radius 1 is 1.12 bits per heavy atom. The molecule has 6 N–H and O–H groups in total. The van der Waals surface area contributed by atoms with Crippen molar-refractivity contribution in [3.63, 3.8) is 0 Å². The molecule has 0 unspecified atom stereocenters. The van der Waals surface area contributed by atoms with Crippen LogP contribution in [0, 0.1) is 10.8 Å². The number of rotatable bonds is 10. The van der Waals surface area contributed by atoms with Gasteiger partial charge in [-0.1, -0.05) is 23.1 Å². The maximum atomic E-state index is 7.27. The molecule has 2 rings (SSSR count). The first-order valence-corrected chi connectivity index (χ1v) is 8.68. The van der Waals surface area contributed by atoms with Gasteiger partial charge >= 0.3 is 0 Å². The van der Waals surface area contributed by atoms with Crippen LogP contribution in [0.3, 0.4) is 0 Å². The highest BCUT2D eigenvalue weighted by Gasteiger charge is 2.06. The monoisotopic (exact) mass is 367 g/mol. The van der Waals surface area contributed by atoms with Crippen molar-refractivity contribution >= 4 is 34.8 Å². The topological polar surface area (TPSA) is 157 Å². The van der Waals surface area contributed by atoms with Gasteiger partial charge in [0, 0.05) is 23.6 Å². The zero-order valence-corrected chi connectivity index (χ0v) is 14.3. The summed E-state index contributed by atoms with van der Waals surface area (Å²) >= 11 is 2.79. The molecule has 0 bridgehead atoms. The molecule has 0 saturated carbocycles. The normalized spacial score (nSPS) is 10.5. The van der Waals surface area contributed by atoms with E-state index in [1.54, 1.807) is 12.1 Å². The molecular formula is C13H17N7O2S2. The van der Waals surface area contributed by atoms with E-state index in [0.29, 0.717) is 36.3 Å². The zero-order valence-electron chi connectivity index (χ0n) is 12.7. The predicted octanol–water partition coefficient (Wildman–Crippen LogP) is 0.689.